The van der Waals surface area contributed by atoms with Crippen LogP contribution in [0.15, 0.2) is 42.5 Å². The summed E-state index contributed by atoms with van der Waals surface area (Å²) in [6.07, 6.45) is -2.32. The second kappa shape index (κ2) is 9.93. The second-order valence-corrected chi connectivity index (χ2v) is 8.18. The van der Waals surface area contributed by atoms with Crippen molar-refractivity contribution in [2.75, 3.05) is 35.2 Å². The van der Waals surface area contributed by atoms with Gasteiger partial charge < -0.3 is 20.9 Å². The maximum atomic E-state index is 12.8. The minimum absolute atomic E-state index is 0.215. The fraction of sp³-hybridized carbons (Fsp3) is 0.391. The van der Waals surface area contributed by atoms with Gasteiger partial charge in [-0.2, -0.15) is 13.2 Å². The van der Waals surface area contributed by atoms with Gasteiger partial charge in [-0.25, -0.2) is 4.79 Å². The molecule has 0 spiro atoms. The van der Waals surface area contributed by atoms with Crippen LogP contribution >= 0.6 is 0 Å². The Hall–Kier alpha value is -3.23. The predicted molar refractivity (Wildman–Crippen MR) is 119 cm³/mol. The lowest BCUT2D eigenvalue weighted by atomic mass is 10.1. The van der Waals surface area contributed by atoms with Crippen LogP contribution in [-0.2, 0) is 6.18 Å². The van der Waals surface area contributed by atoms with E-state index in [1.807, 2.05) is 19.9 Å². The predicted octanol–water partition coefficient (Wildman–Crippen LogP) is 5.34. The molecule has 32 heavy (non-hydrogen) atoms. The summed E-state index contributed by atoms with van der Waals surface area (Å²) in [5, 5.41) is 8.06. The third-order valence-electron chi connectivity index (χ3n) is 5.09. The van der Waals surface area contributed by atoms with E-state index < -0.39 is 17.8 Å². The monoisotopic (exact) mass is 448 g/mol. The zero-order chi connectivity index (χ0) is 23.3. The van der Waals surface area contributed by atoms with Gasteiger partial charge in [0.05, 0.1) is 11.1 Å². The first kappa shape index (κ1) is 23.4. The highest BCUT2D eigenvalue weighted by Crippen LogP contribution is 2.30. The van der Waals surface area contributed by atoms with Crippen molar-refractivity contribution < 1.29 is 22.8 Å². The van der Waals surface area contributed by atoms with Crippen LogP contribution in [0.1, 0.15) is 42.6 Å². The van der Waals surface area contributed by atoms with Crippen molar-refractivity contribution in [1.82, 2.24) is 5.32 Å². The van der Waals surface area contributed by atoms with Crippen LogP contribution in [0.25, 0.3) is 0 Å². The van der Waals surface area contributed by atoms with Crippen molar-refractivity contribution in [3.05, 3.63) is 53.6 Å². The van der Waals surface area contributed by atoms with Gasteiger partial charge in [-0.15, -0.1) is 0 Å². The first-order valence-electron chi connectivity index (χ1n) is 10.6. The van der Waals surface area contributed by atoms with Crippen LogP contribution in [-0.4, -0.2) is 31.6 Å². The number of nitrogens with one attached hydrogen (secondary N) is 3. The zero-order valence-electron chi connectivity index (χ0n) is 18.1. The summed E-state index contributed by atoms with van der Waals surface area (Å²) >= 11 is 0. The molecule has 3 rings (SSSR count). The first-order valence-corrected chi connectivity index (χ1v) is 10.6. The molecule has 0 aliphatic carbocycles. The smallest absolute Gasteiger partial charge is 0.371 e. The maximum Gasteiger partial charge on any atom is 0.416 e. The van der Waals surface area contributed by atoms with E-state index in [0.717, 1.165) is 43.8 Å². The fourth-order valence-corrected chi connectivity index (χ4v) is 3.46. The molecule has 1 heterocycles. The van der Waals surface area contributed by atoms with Gasteiger partial charge in [0.15, 0.2) is 0 Å². The average molecular weight is 448 g/mol. The summed E-state index contributed by atoms with van der Waals surface area (Å²) in [6, 6.07) is 8.69. The lowest BCUT2D eigenvalue weighted by molar-refractivity contribution is -0.137. The number of amides is 3. The quantitative estimate of drug-likeness (QED) is 0.559. The van der Waals surface area contributed by atoms with Crippen LogP contribution in [0.3, 0.4) is 0 Å². The number of urea groups is 1. The highest BCUT2D eigenvalue weighted by molar-refractivity contribution is 6.04. The summed E-state index contributed by atoms with van der Waals surface area (Å²) < 4.78 is 38.0. The molecular weight excluding hydrogens is 421 g/mol. The number of rotatable bonds is 6. The van der Waals surface area contributed by atoms with Gasteiger partial charge in [0.25, 0.3) is 5.91 Å². The van der Waals surface area contributed by atoms with E-state index in [2.05, 4.69) is 20.9 Å². The number of carbonyl (C=O) groups is 2. The molecule has 0 unspecified atom stereocenters. The Kier molecular flexibility index (Phi) is 7.27. The van der Waals surface area contributed by atoms with E-state index in [1.165, 1.54) is 12.1 Å². The molecule has 2 aromatic rings. The Bertz CT molecular complexity index is 953. The maximum absolute atomic E-state index is 12.8. The standard InChI is InChI=1S/C23H27F3N4O2/c1-15(2)14-27-21(31)19-13-18(9-10-20(19)30-11-3-4-12-30)29-22(32)28-17-7-5-16(6-8-17)23(24,25)26/h5-10,13,15H,3-4,11-12,14H2,1-2H3,(H,27,31)(H2,28,29,32). The number of hydrogen-bond donors (Lipinski definition) is 3. The van der Waals surface area contributed by atoms with Gasteiger partial charge in [-0.05, 0) is 61.2 Å². The van der Waals surface area contributed by atoms with Crippen LogP contribution in [0, 0.1) is 5.92 Å². The molecule has 3 amide bonds. The third-order valence-corrected chi connectivity index (χ3v) is 5.09. The molecule has 6 nitrogen and oxygen atoms in total. The molecule has 2 aromatic carbocycles. The Labute approximate surface area is 185 Å². The Balaban J connectivity index is 1.73. The number of alkyl halides is 3. The largest absolute Gasteiger partial charge is 0.416 e. The van der Waals surface area contributed by atoms with E-state index >= 15 is 0 Å². The fourth-order valence-electron chi connectivity index (χ4n) is 3.46. The average Bonchev–Trinajstić information content (AvgIpc) is 3.26. The van der Waals surface area contributed by atoms with E-state index in [9.17, 15) is 22.8 Å². The molecular formula is C23H27F3N4O2. The summed E-state index contributed by atoms with van der Waals surface area (Å²) in [5.74, 6) is 0.0809. The third kappa shape index (κ3) is 6.15. The molecule has 0 radical (unpaired) electrons. The van der Waals surface area contributed by atoms with Crippen molar-refractivity contribution in [1.29, 1.82) is 0 Å². The highest BCUT2D eigenvalue weighted by Gasteiger charge is 2.30. The Morgan fingerprint density at radius 1 is 0.969 bits per heavy atom. The normalized spacial score (nSPS) is 13.9. The molecule has 0 bridgehead atoms. The number of halogens is 3. The summed E-state index contributed by atoms with van der Waals surface area (Å²) in [7, 11) is 0. The van der Waals surface area contributed by atoms with Gasteiger partial charge in [-0.3, -0.25) is 4.79 Å². The number of anilines is 3. The molecule has 1 fully saturated rings. The minimum atomic E-state index is -4.44. The molecule has 0 saturated carbocycles. The van der Waals surface area contributed by atoms with Gasteiger partial charge in [0.1, 0.15) is 0 Å². The molecule has 3 N–H and O–H groups in total. The first-order chi connectivity index (χ1) is 15.1. The van der Waals surface area contributed by atoms with Gasteiger partial charge in [-0.1, -0.05) is 13.8 Å². The van der Waals surface area contributed by atoms with Crippen LogP contribution in [0.2, 0.25) is 0 Å². The van der Waals surface area contributed by atoms with Gasteiger partial charge in [0, 0.05) is 36.7 Å². The van der Waals surface area contributed by atoms with Crippen molar-refractivity contribution >= 4 is 29.0 Å². The number of benzene rings is 2. The van der Waals surface area contributed by atoms with Crippen LogP contribution in [0.5, 0.6) is 0 Å². The zero-order valence-corrected chi connectivity index (χ0v) is 18.1. The van der Waals surface area contributed by atoms with E-state index in [1.54, 1.807) is 12.1 Å². The molecule has 0 atom stereocenters. The molecule has 172 valence electrons. The molecule has 1 aliphatic heterocycles. The molecule has 1 saturated heterocycles. The number of nitrogens with zero attached hydrogens (tertiary/aromatic N) is 1. The summed E-state index contributed by atoms with van der Waals surface area (Å²) in [4.78, 5) is 27.3. The van der Waals surface area contributed by atoms with E-state index in [-0.39, 0.29) is 11.6 Å². The van der Waals surface area contributed by atoms with Crippen molar-refractivity contribution in [3.63, 3.8) is 0 Å². The topological polar surface area (TPSA) is 73.5 Å². The second-order valence-electron chi connectivity index (χ2n) is 8.18. The lowest BCUT2D eigenvalue weighted by Crippen LogP contribution is -2.30. The number of hydrogen-bond acceptors (Lipinski definition) is 3. The van der Waals surface area contributed by atoms with E-state index in [0.29, 0.717) is 23.7 Å². The van der Waals surface area contributed by atoms with Gasteiger partial charge in [0.2, 0.25) is 0 Å². The van der Waals surface area contributed by atoms with Crippen molar-refractivity contribution in [2.45, 2.75) is 32.9 Å². The van der Waals surface area contributed by atoms with Crippen molar-refractivity contribution in [3.8, 4) is 0 Å². The highest BCUT2D eigenvalue weighted by atomic mass is 19.4. The Morgan fingerprint density at radius 2 is 1.56 bits per heavy atom. The summed E-state index contributed by atoms with van der Waals surface area (Å²) in [5.41, 5.74) is 1.13. The molecule has 0 aromatic heterocycles. The lowest BCUT2D eigenvalue weighted by Gasteiger charge is -2.22. The van der Waals surface area contributed by atoms with Crippen molar-refractivity contribution in [2.24, 2.45) is 5.92 Å². The van der Waals surface area contributed by atoms with Crippen LogP contribution in [0.4, 0.5) is 35.0 Å². The van der Waals surface area contributed by atoms with E-state index in [4.69, 9.17) is 0 Å². The molecule has 1 aliphatic rings. The van der Waals surface area contributed by atoms with Gasteiger partial charge >= 0.3 is 12.2 Å². The minimum Gasteiger partial charge on any atom is -0.371 e. The van der Waals surface area contributed by atoms with Crippen LogP contribution < -0.4 is 20.9 Å². The Morgan fingerprint density at radius 3 is 2.16 bits per heavy atom. The SMILES string of the molecule is CC(C)CNC(=O)c1cc(NC(=O)Nc2ccc(C(F)(F)F)cc2)ccc1N1CCCC1. The molecule has 9 heteroatoms. The number of carbonyl (C=O) groups excluding carboxylic acids is 2. The summed E-state index contributed by atoms with van der Waals surface area (Å²) in [6.45, 7) is 6.28.